The van der Waals surface area contributed by atoms with E-state index >= 15 is 0 Å². The van der Waals surface area contributed by atoms with Crippen molar-refractivity contribution in [2.24, 2.45) is 0 Å². The summed E-state index contributed by atoms with van der Waals surface area (Å²) >= 11 is 0. The standard InChI is InChI=1S/C30H47NO/c1-3-5-7-9-15-21-31(22-16-10-8-6-4-2)24-30(32)29-23-25-17-11-12-18-26(25)27-19-13-14-20-28(27)29/h13-14,19-20,23,30,32H,3-12,15-18,21-22,24H2,1-2H3/t30-/m1/s1. The fourth-order valence-corrected chi connectivity index (χ4v) is 5.45. The summed E-state index contributed by atoms with van der Waals surface area (Å²) in [5.74, 6) is 0. The molecule has 0 radical (unpaired) electrons. The van der Waals surface area contributed by atoms with Crippen molar-refractivity contribution < 1.29 is 5.11 Å². The van der Waals surface area contributed by atoms with Crippen molar-refractivity contribution in [1.29, 1.82) is 0 Å². The van der Waals surface area contributed by atoms with Crippen molar-refractivity contribution in [2.75, 3.05) is 19.6 Å². The van der Waals surface area contributed by atoms with Crippen molar-refractivity contribution in [3.8, 4) is 0 Å². The molecule has 2 heteroatoms. The summed E-state index contributed by atoms with van der Waals surface area (Å²) in [7, 11) is 0. The number of fused-ring (bicyclic) bond motifs is 3. The van der Waals surface area contributed by atoms with Crippen LogP contribution in [0.4, 0.5) is 0 Å². The average molecular weight is 438 g/mol. The molecule has 0 bridgehead atoms. The van der Waals surface area contributed by atoms with Crippen LogP contribution in [-0.4, -0.2) is 29.6 Å². The molecule has 0 aromatic heterocycles. The molecule has 1 aliphatic carbocycles. The average Bonchev–Trinajstić information content (AvgIpc) is 2.83. The van der Waals surface area contributed by atoms with E-state index in [4.69, 9.17) is 0 Å². The highest BCUT2D eigenvalue weighted by atomic mass is 16.3. The molecule has 0 unspecified atom stereocenters. The van der Waals surface area contributed by atoms with Crippen LogP contribution in [0.2, 0.25) is 0 Å². The van der Waals surface area contributed by atoms with Crippen molar-refractivity contribution in [3.05, 3.63) is 47.0 Å². The van der Waals surface area contributed by atoms with Gasteiger partial charge in [-0.2, -0.15) is 0 Å². The molecule has 32 heavy (non-hydrogen) atoms. The highest BCUT2D eigenvalue weighted by Crippen LogP contribution is 2.34. The Morgan fingerprint density at radius 3 is 2.03 bits per heavy atom. The summed E-state index contributed by atoms with van der Waals surface area (Å²) in [4.78, 5) is 2.55. The third-order valence-electron chi connectivity index (χ3n) is 7.35. The molecular weight excluding hydrogens is 390 g/mol. The summed E-state index contributed by atoms with van der Waals surface area (Å²) in [6.07, 6.45) is 17.7. The van der Waals surface area contributed by atoms with E-state index in [1.807, 2.05) is 0 Å². The van der Waals surface area contributed by atoms with Crippen LogP contribution < -0.4 is 0 Å². The second-order valence-corrected chi connectivity index (χ2v) is 10.0. The zero-order valence-electron chi connectivity index (χ0n) is 20.9. The van der Waals surface area contributed by atoms with Gasteiger partial charge in [0.25, 0.3) is 0 Å². The number of aryl methyl sites for hydroxylation is 2. The predicted molar refractivity (Wildman–Crippen MR) is 140 cm³/mol. The molecule has 2 nitrogen and oxygen atoms in total. The minimum absolute atomic E-state index is 0.404. The second-order valence-electron chi connectivity index (χ2n) is 10.0. The number of hydrogen-bond donors (Lipinski definition) is 1. The lowest BCUT2D eigenvalue weighted by Crippen LogP contribution is -2.31. The first-order valence-corrected chi connectivity index (χ1v) is 13.7. The lowest BCUT2D eigenvalue weighted by atomic mass is 9.84. The van der Waals surface area contributed by atoms with Crippen molar-refractivity contribution in [3.63, 3.8) is 0 Å². The van der Waals surface area contributed by atoms with E-state index in [9.17, 15) is 5.11 Å². The van der Waals surface area contributed by atoms with Crippen molar-refractivity contribution in [1.82, 2.24) is 4.90 Å². The van der Waals surface area contributed by atoms with Crippen LogP contribution in [0.5, 0.6) is 0 Å². The third kappa shape index (κ3) is 7.32. The Morgan fingerprint density at radius 1 is 0.781 bits per heavy atom. The highest BCUT2D eigenvalue weighted by molar-refractivity contribution is 5.90. The summed E-state index contributed by atoms with van der Waals surface area (Å²) in [5, 5.41) is 14.1. The molecule has 2 aromatic rings. The minimum atomic E-state index is -0.404. The number of benzene rings is 2. The number of unbranched alkanes of at least 4 members (excludes halogenated alkanes) is 8. The maximum atomic E-state index is 11.4. The van der Waals surface area contributed by atoms with Crippen LogP contribution >= 0.6 is 0 Å². The maximum Gasteiger partial charge on any atom is 0.0923 e. The molecule has 1 atom stereocenters. The number of nitrogens with zero attached hydrogens (tertiary/aromatic N) is 1. The summed E-state index contributed by atoms with van der Waals surface area (Å²) < 4.78 is 0. The normalized spacial score (nSPS) is 14.8. The number of rotatable bonds is 15. The van der Waals surface area contributed by atoms with E-state index in [1.54, 1.807) is 0 Å². The first kappa shape index (κ1) is 25.2. The lowest BCUT2D eigenvalue weighted by molar-refractivity contribution is 0.111. The van der Waals surface area contributed by atoms with Gasteiger partial charge in [-0.3, -0.25) is 0 Å². The summed E-state index contributed by atoms with van der Waals surface area (Å²) in [5.41, 5.74) is 4.17. The van der Waals surface area contributed by atoms with E-state index in [0.717, 1.165) is 25.2 Å². The van der Waals surface area contributed by atoms with Gasteiger partial charge in [-0.05, 0) is 79.1 Å². The SMILES string of the molecule is CCCCCCCN(CCCCCCC)C[C@@H](O)c1cc2c(c3ccccc13)CCCC2. The van der Waals surface area contributed by atoms with Crippen LogP contribution in [0.1, 0.15) is 114 Å². The summed E-state index contributed by atoms with van der Waals surface area (Å²) in [6, 6.07) is 11.1. The molecule has 1 N–H and O–H groups in total. The topological polar surface area (TPSA) is 23.5 Å². The van der Waals surface area contributed by atoms with Gasteiger partial charge in [0.15, 0.2) is 0 Å². The molecular formula is C30H47NO. The van der Waals surface area contributed by atoms with Gasteiger partial charge in [0, 0.05) is 6.54 Å². The van der Waals surface area contributed by atoms with Crippen molar-refractivity contribution in [2.45, 2.75) is 110 Å². The van der Waals surface area contributed by atoms with Gasteiger partial charge in [-0.15, -0.1) is 0 Å². The maximum absolute atomic E-state index is 11.4. The molecule has 0 heterocycles. The smallest absolute Gasteiger partial charge is 0.0923 e. The van der Waals surface area contributed by atoms with Crippen molar-refractivity contribution >= 4 is 10.8 Å². The van der Waals surface area contributed by atoms with E-state index in [2.05, 4.69) is 49.1 Å². The van der Waals surface area contributed by atoms with Gasteiger partial charge in [0.1, 0.15) is 0 Å². The van der Waals surface area contributed by atoms with Crippen LogP contribution in [0.25, 0.3) is 10.8 Å². The van der Waals surface area contributed by atoms with Gasteiger partial charge in [-0.25, -0.2) is 0 Å². The van der Waals surface area contributed by atoms with Crippen LogP contribution in [0.15, 0.2) is 30.3 Å². The molecule has 3 rings (SSSR count). The number of hydrogen-bond acceptors (Lipinski definition) is 2. The molecule has 0 spiro atoms. The third-order valence-corrected chi connectivity index (χ3v) is 7.35. The molecule has 2 aromatic carbocycles. The lowest BCUT2D eigenvalue weighted by Gasteiger charge is -2.27. The highest BCUT2D eigenvalue weighted by Gasteiger charge is 2.20. The Hall–Kier alpha value is -1.38. The first-order chi connectivity index (χ1) is 15.7. The van der Waals surface area contributed by atoms with Crippen LogP contribution in [0.3, 0.4) is 0 Å². The first-order valence-electron chi connectivity index (χ1n) is 13.7. The summed E-state index contributed by atoms with van der Waals surface area (Å²) in [6.45, 7) is 7.57. The molecule has 0 amide bonds. The van der Waals surface area contributed by atoms with Gasteiger partial charge in [0.2, 0.25) is 0 Å². The zero-order valence-corrected chi connectivity index (χ0v) is 20.9. The molecule has 0 saturated heterocycles. The van der Waals surface area contributed by atoms with Gasteiger partial charge in [-0.1, -0.05) is 95.5 Å². The monoisotopic (exact) mass is 437 g/mol. The van der Waals surface area contributed by atoms with E-state index in [1.165, 1.54) is 112 Å². The van der Waals surface area contributed by atoms with Gasteiger partial charge in [0.05, 0.1) is 6.10 Å². The quantitative estimate of drug-likeness (QED) is 0.285. The Bertz CT molecular complexity index is 785. The fraction of sp³-hybridized carbons (Fsp3) is 0.667. The Balaban J connectivity index is 1.69. The van der Waals surface area contributed by atoms with E-state index in [-0.39, 0.29) is 0 Å². The van der Waals surface area contributed by atoms with Crippen LogP contribution in [0, 0.1) is 0 Å². The van der Waals surface area contributed by atoms with Gasteiger partial charge < -0.3 is 10.0 Å². The van der Waals surface area contributed by atoms with E-state index in [0.29, 0.717) is 0 Å². The molecule has 0 fully saturated rings. The number of aliphatic hydroxyl groups is 1. The molecule has 1 aliphatic rings. The fourth-order valence-electron chi connectivity index (χ4n) is 5.45. The second kappa shape index (κ2) is 14.0. The number of aliphatic hydroxyl groups excluding tert-OH is 1. The van der Waals surface area contributed by atoms with Gasteiger partial charge >= 0.3 is 0 Å². The Labute approximate surface area is 197 Å². The minimum Gasteiger partial charge on any atom is -0.387 e. The molecule has 0 aliphatic heterocycles. The van der Waals surface area contributed by atoms with Crippen LogP contribution in [-0.2, 0) is 12.8 Å². The zero-order chi connectivity index (χ0) is 22.6. The van der Waals surface area contributed by atoms with E-state index < -0.39 is 6.10 Å². The Morgan fingerprint density at radius 2 is 1.38 bits per heavy atom. The predicted octanol–water partition coefficient (Wildman–Crippen LogP) is 7.99. The largest absolute Gasteiger partial charge is 0.387 e. The molecule has 178 valence electrons. The Kier molecular flexibility index (Phi) is 11.1. The molecule has 0 saturated carbocycles.